The molecule has 0 saturated carbocycles. The fourth-order valence-electron chi connectivity index (χ4n) is 0.700. The van der Waals surface area contributed by atoms with Gasteiger partial charge in [0.15, 0.2) is 0 Å². The van der Waals surface area contributed by atoms with Gasteiger partial charge < -0.3 is 0 Å². The van der Waals surface area contributed by atoms with Crippen molar-refractivity contribution in [2.24, 2.45) is 0 Å². The van der Waals surface area contributed by atoms with Crippen LogP contribution in [-0.4, -0.2) is 8.42 Å². The summed E-state index contributed by atoms with van der Waals surface area (Å²) in [5, 5.41) is 0. The van der Waals surface area contributed by atoms with Crippen molar-refractivity contribution in [3.05, 3.63) is 35.6 Å². The third kappa shape index (κ3) is 2.26. The molecule has 1 aromatic carbocycles. The van der Waals surface area contributed by atoms with Crippen LogP contribution in [0.4, 0.5) is 4.39 Å². The second-order valence-electron chi connectivity index (χ2n) is 2.15. The molecule has 0 aromatic heterocycles. The molecule has 71 valence electrons. The SMILES string of the molecule is [CH2]OS(=O)(=O)c1ccc(F)c(Br)c1. The van der Waals surface area contributed by atoms with Gasteiger partial charge in [-0.15, -0.1) is 0 Å². The molecule has 0 aliphatic heterocycles. The van der Waals surface area contributed by atoms with Crippen molar-refractivity contribution >= 4 is 26.0 Å². The van der Waals surface area contributed by atoms with Gasteiger partial charge in [-0.25, -0.2) is 4.39 Å². The quantitative estimate of drug-likeness (QED) is 0.771. The number of benzene rings is 1. The first-order chi connectivity index (χ1) is 5.97. The van der Waals surface area contributed by atoms with Gasteiger partial charge >= 0.3 is 0 Å². The van der Waals surface area contributed by atoms with E-state index in [9.17, 15) is 12.8 Å². The molecule has 6 heteroatoms. The molecule has 0 amide bonds. The first-order valence-electron chi connectivity index (χ1n) is 3.11. The Labute approximate surface area is 83.8 Å². The Morgan fingerprint density at radius 1 is 1.46 bits per heavy atom. The van der Waals surface area contributed by atoms with Gasteiger partial charge in [-0.1, -0.05) is 0 Å². The summed E-state index contributed by atoms with van der Waals surface area (Å²) in [4.78, 5) is -0.143. The first kappa shape index (κ1) is 10.6. The Hall–Kier alpha value is -0.460. The zero-order valence-electron chi connectivity index (χ0n) is 6.33. The molecule has 0 fully saturated rings. The zero-order valence-corrected chi connectivity index (χ0v) is 8.73. The van der Waals surface area contributed by atoms with Crippen LogP contribution in [0.2, 0.25) is 0 Å². The third-order valence-corrected chi connectivity index (χ3v) is 3.08. The summed E-state index contributed by atoms with van der Waals surface area (Å²) < 4.78 is 38.8. The van der Waals surface area contributed by atoms with Gasteiger partial charge in [0.05, 0.1) is 16.5 Å². The van der Waals surface area contributed by atoms with E-state index in [2.05, 4.69) is 27.2 Å². The molecule has 0 heterocycles. The normalized spacial score (nSPS) is 11.6. The lowest BCUT2D eigenvalue weighted by Gasteiger charge is -2.01. The summed E-state index contributed by atoms with van der Waals surface area (Å²) in [6, 6.07) is 3.23. The standard InChI is InChI=1S/C7H5BrFO3S/c1-12-13(10,11)5-2-3-7(9)6(8)4-5/h2-4H,1H2. The topological polar surface area (TPSA) is 43.4 Å². The molecule has 0 saturated heterocycles. The van der Waals surface area contributed by atoms with Crippen molar-refractivity contribution in [3.63, 3.8) is 0 Å². The second kappa shape index (κ2) is 3.73. The van der Waals surface area contributed by atoms with E-state index in [1.54, 1.807) is 0 Å². The van der Waals surface area contributed by atoms with Gasteiger partial charge in [-0.3, -0.25) is 4.18 Å². The van der Waals surface area contributed by atoms with Crippen LogP contribution >= 0.6 is 15.9 Å². The lowest BCUT2D eigenvalue weighted by Crippen LogP contribution is -2.01. The van der Waals surface area contributed by atoms with Crippen molar-refractivity contribution in [3.8, 4) is 0 Å². The molecular weight excluding hydrogens is 263 g/mol. The average molecular weight is 268 g/mol. The predicted molar refractivity (Wildman–Crippen MR) is 47.7 cm³/mol. The van der Waals surface area contributed by atoms with Crippen molar-refractivity contribution < 1.29 is 17.0 Å². The fraction of sp³-hybridized carbons (Fsp3) is 0. The molecule has 0 N–H and O–H groups in total. The van der Waals surface area contributed by atoms with Crippen LogP contribution in [0.5, 0.6) is 0 Å². The molecular formula is C7H5BrFO3S. The van der Waals surface area contributed by atoms with Gasteiger partial charge in [0.25, 0.3) is 10.1 Å². The van der Waals surface area contributed by atoms with Crippen molar-refractivity contribution in [1.82, 2.24) is 0 Å². The molecule has 0 bridgehead atoms. The Bertz CT molecular complexity index is 416. The van der Waals surface area contributed by atoms with Crippen molar-refractivity contribution in [2.45, 2.75) is 4.90 Å². The molecule has 1 radical (unpaired) electrons. The Balaban J connectivity index is 3.27. The van der Waals surface area contributed by atoms with E-state index in [-0.39, 0.29) is 9.37 Å². The van der Waals surface area contributed by atoms with Gasteiger partial charge in [0.1, 0.15) is 5.82 Å². The largest absolute Gasteiger partial charge is 0.297 e. The van der Waals surface area contributed by atoms with Gasteiger partial charge in [-0.05, 0) is 34.1 Å². The van der Waals surface area contributed by atoms with Crippen LogP contribution in [0.15, 0.2) is 27.6 Å². The highest BCUT2D eigenvalue weighted by atomic mass is 79.9. The van der Waals surface area contributed by atoms with Crippen LogP contribution in [0.1, 0.15) is 0 Å². The van der Waals surface area contributed by atoms with E-state index < -0.39 is 15.9 Å². The van der Waals surface area contributed by atoms with E-state index in [1.165, 1.54) is 0 Å². The third-order valence-electron chi connectivity index (χ3n) is 1.33. The highest BCUT2D eigenvalue weighted by molar-refractivity contribution is 9.10. The smallest absolute Gasteiger partial charge is 0.264 e. The van der Waals surface area contributed by atoms with Gasteiger partial charge in [-0.2, -0.15) is 8.42 Å². The summed E-state index contributed by atoms with van der Waals surface area (Å²) in [6.07, 6.45) is 0. The molecule has 3 nitrogen and oxygen atoms in total. The lowest BCUT2D eigenvalue weighted by atomic mass is 10.3. The Morgan fingerprint density at radius 3 is 2.54 bits per heavy atom. The Morgan fingerprint density at radius 2 is 2.08 bits per heavy atom. The summed E-state index contributed by atoms with van der Waals surface area (Å²) in [7, 11) is -1.06. The summed E-state index contributed by atoms with van der Waals surface area (Å²) in [6.45, 7) is 0. The van der Waals surface area contributed by atoms with Gasteiger partial charge in [0, 0.05) is 0 Å². The van der Waals surface area contributed by atoms with E-state index >= 15 is 0 Å². The minimum Gasteiger partial charge on any atom is -0.264 e. The number of hydrogen-bond acceptors (Lipinski definition) is 3. The van der Waals surface area contributed by atoms with Gasteiger partial charge in [0.2, 0.25) is 0 Å². The van der Waals surface area contributed by atoms with Crippen LogP contribution in [0.25, 0.3) is 0 Å². The van der Waals surface area contributed by atoms with Crippen LogP contribution in [-0.2, 0) is 14.3 Å². The molecule has 0 unspecified atom stereocenters. The first-order valence-corrected chi connectivity index (χ1v) is 5.31. The summed E-state index contributed by atoms with van der Waals surface area (Å²) in [5.41, 5.74) is 0. The highest BCUT2D eigenvalue weighted by Gasteiger charge is 2.14. The average Bonchev–Trinajstić information content (AvgIpc) is 2.09. The maximum Gasteiger partial charge on any atom is 0.297 e. The Kier molecular flexibility index (Phi) is 3.05. The van der Waals surface area contributed by atoms with Crippen LogP contribution in [0, 0.1) is 12.9 Å². The van der Waals surface area contributed by atoms with Crippen LogP contribution < -0.4 is 0 Å². The minimum atomic E-state index is -3.85. The molecule has 1 aromatic rings. The molecule has 0 spiro atoms. The number of halogens is 2. The molecule has 1 rings (SSSR count). The van der Waals surface area contributed by atoms with E-state index in [0.717, 1.165) is 18.2 Å². The second-order valence-corrected chi connectivity index (χ2v) is 4.62. The van der Waals surface area contributed by atoms with Crippen molar-refractivity contribution in [2.75, 3.05) is 0 Å². The van der Waals surface area contributed by atoms with E-state index in [1.807, 2.05) is 0 Å². The maximum absolute atomic E-state index is 12.7. The minimum absolute atomic E-state index is 0.0608. The highest BCUT2D eigenvalue weighted by Crippen LogP contribution is 2.20. The predicted octanol–water partition coefficient (Wildman–Crippen LogP) is 2.09. The summed E-state index contributed by atoms with van der Waals surface area (Å²) in [5.74, 6) is -0.539. The lowest BCUT2D eigenvalue weighted by molar-refractivity contribution is 0.437. The zero-order chi connectivity index (χ0) is 10.1. The van der Waals surface area contributed by atoms with E-state index in [0.29, 0.717) is 0 Å². The molecule has 0 aliphatic carbocycles. The monoisotopic (exact) mass is 267 g/mol. The number of rotatable bonds is 2. The maximum atomic E-state index is 12.7. The van der Waals surface area contributed by atoms with Crippen LogP contribution in [0.3, 0.4) is 0 Å². The fourth-order valence-corrected chi connectivity index (χ4v) is 1.86. The molecule has 13 heavy (non-hydrogen) atoms. The summed E-state index contributed by atoms with van der Waals surface area (Å²) >= 11 is 2.85. The number of hydrogen-bond donors (Lipinski definition) is 0. The van der Waals surface area contributed by atoms with E-state index in [4.69, 9.17) is 0 Å². The molecule has 0 aliphatic rings. The molecule has 0 atom stereocenters. The van der Waals surface area contributed by atoms with Crippen molar-refractivity contribution in [1.29, 1.82) is 0 Å².